The van der Waals surface area contributed by atoms with Crippen molar-refractivity contribution in [1.82, 2.24) is 5.32 Å². The highest BCUT2D eigenvalue weighted by molar-refractivity contribution is 5.15. The van der Waals surface area contributed by atoms with Gasteiger partial charge in [0, 0.05) is 12.6 Å². The molecule has 2 nitrogen and oxygen atoms in total. The highest BCUT2D eigenvalue weighted by Gasteiger charge is 1.96. The predicted molar refractivity (Wildman–Crippen MR) is 59.2 cm³/mol. The van der Waals surface area contributed by atoms with E-state index in [2.05, 4.69) is 19.2 Å². The van der Waals surface area contributed by atoms with E-state index >= 15 is 0 Å². The normalized spacial score (nSPS) is 10.9. The summed E-state index contributed by atoms with van der Waals surface area (Å²) in [5, 5.41) is 3.24. The highest BCUT2D eigenvalue weighted by atomic mass is 19.1. The molecule has 3 heteroatoms. The second-order valence-corrected chi connectivity index (χ2v) is 3.79. The Hall–Kier alpha value is -0.930. The Labute approximate surface area is 90.4 Å². The molecule has 0 aliphatic carbocycles. The lowest BCUT2D eigenvalue weighted by atomic mass is 10.2. The second kappa shape index (κ2) is 6.53. The minimum absolute atomic E-state index is 0.212. The summed E-state index contributed by atoms with van der Waals surface area (Å²) in [6.45, 7) is 6.12. The van der Waals surface area contributed by atoms with E-state index in [4.69, 9.17) is 4.74 Å². The second-order valence-electron chi connectivity index (χ2n) is 3.79. The SMILES string of the molecule is CC(C)NCCOCc1cccc(F)c1. The van der Waals surface area contributed by atoms with Crippen molar-refractivity contribution < 1.29 is 9.13 Å². The molecule has 0 bridgehead atoms. The van der Waals surface area contributed by atoms with Gasteiger partial charge in [-0.05, 0) is 17.7 Å². The van der Waals surface area contributed by atoms with Crippen LogP contribution in [0.3, 0.4) is 0 Å². The number of benzene rings is 1. The minimum Gasteiger partial charge on any atom is -0.375 e. The summed E-state index contributed by atoms with van der Waals surface area (Å²) in [4.78, 5) is 0. The van der Waals surface area contributed by atoms with Crippen LogP contribution < -0.4 is 5.32 Å². The smallest absolute Gasteiger partial charge is 0.123 e. The average Bonchev–Trinajstić information content (AvgIpc) is 2.17. The molecule has 0 fully saturated rings. The van der Waals surface area contributed by atoms with Gasteiger partial charge in [-0.2, -0.15) is 0 Å². The zero-order chi connectivity index (χ0) is 11.1. The van der Waals surface area contributed by atoms with Gasteiger partial charge in [0.1, 0.15) is 5.82 Å². The molecule has 0 saturated carbocycles. The van der Waals surface area contributed by atoms with Crippen LogP contribution in [0.1, 0.15) is 19.4 Å². The minimum atomic E-state index is -0.212. The van der Waals surface area contributed by atoms with Crippen molar-refractivity contribution in [2.45, 2.75) is 26.5 Å². The fourth-order valence-corrected chi connectivity index (χ4v) is 1.24. The molecule has 0 saturated heterocycles. The van der Waals surface area contributed by atoms with Crippen LogP contribution in [0.2, 0.25) is 0 Å². The van der Waals surface area contributed by atoms with Gasteiger partial charge in [-0.15, -0.1) is 0 Å². The molecule has 0 spiro atoms. The molecule has 1 aromatic rings. The summed E-state index contributed by atoms with van der Waals surface area (Å²) in [5.41, 5.74) is 0.875. The third kappa shape index (κ3) is 5.50. The molecule has 1 rings (SSSR count). The number of hydrogen-bond acceptors (Lipinski definition) is 2. The Morgan fingerprint density at radius 3 is 2.87 bits per heavy atom. The van der Waals surface area contributed by atoms with E-state index in [-0.39, 0.29) is 5.82 Å². The van der Waals surface area contributed by atoms with Crippen molar-refractivity contribution in [2.75, 3.05) is 13.2 Å². The molecular weight excluding hydrogens is 193 g/mol. The van der Waals surface area contributed by atoms with Gasteiger partial charge in [-0.1, -0.05) is 26.0 Å². The van der Waals surface area contributed by atoms with Crippen LogP contribution in [0.5, 0.6) is 0 Å². The van der Waals surface area contributed by atoms with Crippen molar-refractivity contribution in [3.05, 3.63) is 35.6 Å². The summed E-state index contributed by atoms with van der Waals surface area (Å²) >= 11 is 0. The lowest BCUT2D eigenvalue weighted by Crippen LogP contribution is -2.26. The fraction of sp³-hybridized carbons (Fsp3) is 0.500. The van der Waals surface area contributed by atoms with Gasteiger partial charge in [0.15, 0.2) is 0 Å². The molecule has 0 aliphatic heterocycles. The first-order valence-corrected chi connectivity index (χ1v) is 5.24. The largest absolute Gasteiger partial charge is 0.375 e. The van der Waals surface area contributed by atoms with Crippen LogP contribution in [0.25, 0.3) is 0 Å². The van der Waals surface area contributed by atoms with Gasteiger partial charge in [0.2, 0.25) is 0 Å². The van der Waals surface area contributed by atoms with Gasteiger partial charge in [0.05, 0.1) is 13.2 Å². The number of ether oxygens (including phenoxy) is 1. The Kier molecular flexibility index (Phi) is 5.29. The number of halogens is 1. The molecule has 0 atom stereocenters. The molecule has 0 heterocycles. The number of nitrogens with one attached hydrogen (secondary N) is 1. The molecule has 1 aromatic carbocycles. The molecule has 84 valence electrons. The van der Waals surface area contributed by atoms with E-state index in [1.165, 1.54) is 12.1 Å². The van der Waals surface area contributed by atoms with Crippen LogP contribution in [0.15, 0.2) is 24.3 Å². The van der Waals surface area contributed by atoms with Gasteiger partial charge >= 0.3 is 0 Å². The third-order valence-corrected chi connectivity index (χ3v) is 1.96. The van der Waals surface area contributed by atoms with E-state index in [1.54, 1.807) is 6.07 Å². The number of rotatable bonds is 6. The van der Waals surface area contributed by atoms with Crippen molar-refractivity contribution >= 4 is 0 Å². The molecule has 15 heavy (non-hydrogen) atoms. The van der Waals surface area contributed by atoms with E-state index < -0.39 is 0 Å². The molecular formula is C12H18FNO. The maximum atomic E-state index is 12.8. The first-order valence-electron chi connectivity index (χ1n) is 5.24. The first kappa shape index (κ1) is 12.1. The van der Waals surface area contributed by atoms with E-state index in [0.717, 1.165) is 12.1 Å². The highest BCUT2D eigenvalue weighted by Crippen LogP contribution is 2.04. The summed E-state index contributed by atoms with van der Waals surface area (Å²) in [7, 11) is 0. The van der Waals surface area contributed by atoms with Crippen LogP contribution in [0.4, 0.5) is 4.39 Å². The third-order valence-electron chi connectivity index (χ3n) is 1.96. The lowest BCUT2D eigenvalue weighted by molar-refractivity contribution is 0.121. The zero-order valence-electron chi connectivity index (χ0n) is 9.29. The standard InChI is InChI=1S/C12H18FNO/c1-10(2)14-6-7-15-9-11-4-3-5-12(13)8-11/h3-5,8,10,14H,6-7,9H2,1-2H3. The summed E-state index contributed by atoms with van der Waals surface area (Å²) in [5.74, 6) is -0.212. The fourth-order valence-electron chi connectivity index (χ4n) is 1.24. The van der Waals surface area contributed by atoms with Crippen molar-refractivity contribution in [3.63, 3.8) is 0 Å². The van der Waals surface area contributed by atoms with Crippen LogP contribution in [-0.4, -0.2) is 19.2 Å². The molecule has 1 N–H and O–H groups in total. The van der Waals surface area contributed by atoms with Gasteiger partial charge in [-0.25, -0.2) is 4.39 Å². The van der Waals surface area contributed by atoms with E-state index in [9.17, 15) is 4.39 Å². The molecule has 0 amide bonds. The van der Waals surface area contributed by atoms with E-state index in [0.29, 0.717) is 19.3 Å². The lowest BCUT2D eigenvalue weighted by Gasteiger charge is -2.08. The average molecular weight is 211 g/mol. The quantitative estimate of drug-likeness (QED) is 0.729. The first-order chi connectivity index (χ1) is 7.18. The molecule has 0 radical (unpaired) electrons. The zero-order valence-corrected chi connectivity index (χ0v) is 9.29. The van der Waals surface area contributed by atoms with Crippen LogP contribution in [0, 0.1) is 5.82 Å². The van der Waals surface area contributed by atoms with Crippen LogP contribution in [-0.2, 0) is 11.3 Å². The predicted octanol–water partition coefficient (Wildman–Crippen LogP) is 2.34. The van der Waals surface area contributed by atoms with Crippen molar-refractivity contribution in [3.8, 4) is 0 Å². The maximum absolute atomic E-state index is 12.8. The van der Waals surface area contributed by atoms with Gasteiger partial charge < -0.3 is 10.1 Å². The molecule has 0 aromatic heterocycles. The van der Waals surface area contributed by atoms with Crippen molar-refractivity contribution in [1.29, 1.82) is 0 Å². The monoisotopic (exact) mass is 211 g/mol. The Bertz CT molecular complexity index is 289. The molecule has 0 aliphatic rings. The van der Waals surface area contributed by atoms with Crippen molar-refractivity contribution in [2.24, 2.45) is 0 Å². The van der Waals surface area contributed by atoms with Gasteiger partial charge in [-0.3, -0.25) is 0 Å². The molecule has 0 unspecified atom stereocenters. The van der Waals surface area contributed by atoms with E-state index in [1.807, 2.05) is 6.07 Å². The van der Waals surface area contributed by atoms with Gasteiger partial charge in [0.25, 0.3) is 0 Å². The Morgan fingerprint density at radius 1 is 1.40 bits per heavy atom. The van der Waals surface area contributed by atoms with Crippen LogP contribution >= 0.6 is 0 Å². The summed E-state index contributed by atoms with van der Waals surface area (Å²) < 4.78 is 18.2. The maximum Gasteiger partial charge on any atom is 0.123 e. The topological polar surface area (TPSA) is 21.3 Å². The Morgan fingerprint density at radius 2 is 2.20 bits per heavy atom. The number of hydrogen-bond donors (Lipinski definition) is 1. The Balaban J connectivity index is 2.15. The summed E-state index contributed by atoms with van der Waals surface area (Å²) in [6.07, 6.45) is 0. The summed E-state index contributed by atoms with van der Waals surface area (Å²) in [6, 6.07) is 6.96.